The lowest BCUT2D eigenvalue weighted by atomic mass is 10.1. The van der Waals surface area contributed by atoms with Gasteiger partial charge in [-0.05, 0) is 24.5 Å². The second kappa shape index (κ2) is 6.15. The molecule has 0 bridgehead atoms. The van der Waals surface area contributed by atoms with Crippen LogP contribution in [0, 0.1) is 5.82 Å². The van der Waals surface area contributed by atoms with Crippen LogP contribution >= 0.6 is 11.3 Å². The van der Waals surface area contributed by atoms with Crippen LogP contribution in [-0.4, -0.2) is 28.2 Å². The number of alkyl halides is 2. The number of nitrogens with zero attached hydrogens (tertiary/aromatic N) is 2. The van der Waals surface area contributed by atoms with E-state index in [4.69, 9.17) is 0 Å². The number of benzene rings is 1. The highest BCUT2D eigenvalue weighted by molar-refractivity contribution is 7.15. The fourth-order valence-corrected chi connectivity index (χ4v) is 2.83. The van der Waals surface area contributed by atoms with Gasteiger partial charge in [-0.15, -0.1) is 10.2 Å². The fraction of sp³-hybridized carbons (Fsp3) is 0.357. The van der Waals surface area contributed by atoms with E-state index in [1.54, 1.807) is 18.2 Å². The number of halogens is 3. The standard InChI is InChI=1S/C14H13F3N4OS/c15-9-4-2-1-3-8(9)7-10-20-21-13(23-10)18-12(22)19-14(5-6-14)11(16)17/h1-4,11H,5-7H2,(H2,18,19,21,22). The van der Waals surface area contributed by atoms with Crippen molar-refractivity contribution >= 4 is 22.5 Å². The molecular weight excluding hydrogens is 329 g/mol. The lowest BCUT2D eigenvalue weighted by molar-refractivity contribution is 0.0908. The minimum Gasteiger partial charge on any atom is -0.327 e. The molecule has 0 aliphatic heterocycles. The molecule has 1 heterocycles. The minimum atomic E-state index is -2.60. The highest BCUT2D eigenvalue weighted by Crippen LogP contribution is 2.41. The topological polar surface area (TPSA) is 66.9 Å². The van der Waals surface area contributed by atoms with Gasteiger partial charge < -0.3 is 5.32 Å². The van der Waals surface area contributed by atoms with Crippen molar-refractivity contribution in [3.63, 3.8) is 0 Å². The molecule has 0 unspecified atom stereocenters. The van der Waals surface area contributed by atoms with Gasteiger partial charge in [0.2, 0.25) is 5.13 Å². The van der Waals surface area contributed by atoms with Crippen molar-refractivity contribution in [1.82, 2.24) is 15.5 Å². The molecule has 1 fully saturated rings. The van der Waals surface area contributed by atoms with Gasteiger partial charge in [0, 0.05) is 6.42 Å². The van der Waals surface area contributed by atoms with Gasteiger partial charge in [-0.3, -0.25) is 5.32 Å². The van der Waals surface area contributed by atoms with E-state index in [-0.39, 0.29) is 30.2 Å². The summed E-state index contributed by atoms with van der Waals surface area (Å²) < 4.78 is 39.1. The van der Waals surface area contributed by atoms with E-state index in [1.807, 2.05) is 0 Å². The molecule has 2 aromatic rings. The van der Waals surface area contributed by atoms with Gasteiger partial charge in [0.1, 0.15) is 16.4 Å². The summed E-state index contributed by atoms with van der Waals surface area (Å²) in [6.07, 6.45) is -1.84. The van der Waals surface area contributed by atoms with Crippen molar-refractivity contribution in [3.8, 4) is 0 Å². The van der Waals surface area contributed by atoms with Crippen molar-refractivity contribution in [1.29, 1.82) is 0 Å². The van der Waals surface area contributed by atoms with Crippen molar-refractivity contribution in [3.05, 3.63) is 40.7 Å². The first-order valence-electron chi connectivity index (χ1n) is 6.92. The second-order valence-electron chi connectivity index (χ2n) is 5.31. The van der Waals surface area contributed by atoms with E-state index in [9.17, 15) is 18.0 Å². The zero-order chi connectivity index (χ0) is 16.4. The van der Waals surface area contributed by atoms with Gasteiger partial charge in [0.05, 0.1) is 0 Å². The van der Waals surface area contributed by atoms with E-state index in [2.05, 4.69) is 20.8 Å². The Bertz CT molecular complexity index is 718. The molecule has 1 aliphatic rings. The maximum atomic E-state index is 13.6. The van der Waals surface area contributed by atoms with Crippen LogP contribution in [-0.2, 0) is 6.42 Å². The van der Waals surface area contributed by atoms with Gasteiger partial charge >= 0.3 is 6.03 Å². The van der Waals surface area contributed by atoms with Gasteiger partial charge in [-0.1, -0.05) is 29.5 Å². The maximum absolute atomic E-state index is 13.6. The van der Waals surface area contributed by atoms with Gasteiger partial charge in [0.25, 0.3) is 6.43 Å². The predicted octanol–water partition coefficient (Wildman–Crippen LogP) is 3.19. The van der Waals surface area contributed by atoms with Gasteiger partial charge in [-0.25, -0.2) is 18.0 Å². The van der Waals surface area contributed by atoms with Crippen LogP contribution < -0.4 is 10.6 Å². The zero-order valence-electron chi connectivity index (χ0n) is 11.9. The Balaban J connectivity index is 1.59. The van der Waals surface area contributed by atoms with Crippen molar-refractivity contribution < 1.29 is 18.0 Å². The summed E-state index contributed by atoms with van der Waals surface area (Å²) in [5.74, 6) is -0.345. The van der Waals surface area contributed by atoms with Crippen LogP contribution in [0.25, 0.3) is 0 Å². The molecule has 0 spiro atoms. The first kappa shape index (κ1) is 15.7. The van der Waals surface area contributed by atoms with E-state index in [1.165, 1.54) is 6.07 Å². The lowest BCUT2D eigenvalue weighted by Crippen LogP contribution is -2.44. The molecule has 0 atom stereocenters. The first-order valence-corrected chi connectivity index (χ1v) is 7.73. The summed E-state index contributed by atoms with van der Waals surface area (Å²) >= 11 is 1.07. The van der Waals surface area contributed by atoms with Gasteiger partial charge in [0.15, 0.2) is 0 Å². The maximum Gasteiger partial charge on any atom is 0.321 e. The van der Waals surface area contributed by atoms with E-state index in [0.717, 1.165) is 11.3 Å². The summed E-state index contributed by atoms with van der Waals surface area (Å²) in [5.41, 5.74) is -0.945. The number of urea groups is 1. The molecule has 1 aromatic carbocycles. The third-order valence-corrected chi connectivity index (χ3v) is 4.39. The molecule has 0 radical (unpaired) electrons. The van der Waals surface area contributed by atoms with Crippen LogP contribution in [0.1, 0.15) is 23.4 Å². The quantitative estimate of drug-likeness (QED) is 0.877. The monoisotopic (exact) mass is 342 g/mol. The Morgan fingerprint density at radius 1 is 1.30 bits per heavy atom. The SMILES string of the molecule is O=C(Nc1nnc(Cc2ccccc2F)s1)NC1(C(F)F)CC1. The van der Waals surface area contributed by atoms with Crippen LogP contribution in [0.3, 0.4) is 0 Å². The number of rotatable bonds is 5. The Kier molecular flexibility index (Phi) is 4.20. The van der Waals surface area contributed by atoms with Gasteiger partial charge in [-0.2, -0.15) is 0 Å². The molecule has 23 heavy (non-hydrogen) atoms. The molecule has 2 amide bonds. The second-order valence-corrected chi connectivity index (χ2v) is 6.37. The Morgan fingerprint density at radius 3 is 2.70 bits per heavy atom. The molecule has 1 aliphatic carbocycles. The van der Waals surface area contributed by atoms with E-state index < -0.39 is 18.0 Å². The van der Waals surface area contributed by atoms with Crippen LogP contribution in [0.5, 0.6) is 0 Å². The number of anilines is 1. The van der Waals surface area contributed by atoms with E-state index in [0.29, 0.717) is 10.6 Å². The Labute approximate surface area is 133 Å². The van der Waals surface area contributed by atoms with Crippen molar-refractivity contribution in [2.75, 3.05) is 5.32 Å². The molecule has 1 saturated carbocycles. The Hall–Kier alpha value is -2.16. The van der Waals surface area contributed by atoms with E-state index >= 15 is 0 Å². The molecule has 3 rings (SSSR count). The normalized spacial score (nSPS) is 15.5. The minimum absolute atomic E-state index is 0.180. The largest absolute Gasteiger partial charge is 0.327 e. The highest BCUT2D eigenvalue weighted by Gasteiger charge is 2.52. The molecule has 1 aromatic heterocycles. The molecule has 5 nitrogen and oxygen atoms in total. The fourth-order valence-electron chi connectivity index (χ4n) is 2.07. The summed E-state index contributed by atoms with van der Waals surface area (Å²) in [5, 5.41) is 13.0. The number of carbonyl (C=O) groups is 1. The third-order valence-electron chi connectivity index (χ3n) is 3.56. The number of carbonyl (C=O) groups excluding carboxylic acids is 1. The Morgan fingerprint density at radius 2 is 2.04 bits per heavy atom. The lowest BCUT2D eigenvalue weighted by Gasteiger charge is -2.15. The van der Waals surface area contributed by atoms with Crippen LogP contribution in [0.15, 0.2) is 24.3 Å². The molecule has 0 saturated heterocycles. The number of amides is 2. The molecular formula is C14H13F3N4OS. The molecule has 9 heteroatoms. The predicted molar refractivity (Wildman–Crippen MR) is 79.2 cm³/mol. The zero-order valence-corrected chi connectivity index (χ0v) is 12.7. The summed E-state index contributed by atoms with van der Waals surface area (Å²) in [4.78, 5) is 11.7. The smallest absolute Gasteiger partial charge is 0.321 e. The summed E-state index contributed by atoms with van der Waals surface area (Å²) in [7, 11) is 0. The molecule has 2 N–H and O–H groups in total. The number of nitrogens with one attached hydrogen (secondary N) is 2. The average molecular weight is 342 g/mol. The van der Waals surface area contributed by atoms with Crippen LogP contribution in [0.2, 0.25) is 0 Å². The number of hydrogen-bond donors (Lipinski definition) is 2. The first-order chi connectivity index (χ1) is 11.0. The highest BCUT2D eigenvalue weighted by atomic mass is 32.1. The molecule has 122 valence electrons. The average Bonchev–Trinajstić information content (AvgIpc) is 3.15. The summed E-state index contributed by atoms with van der Waals surface area (Å²) in [6, 6.07) is 5.55. The third kappa shape index (κ3) is 3.61. The number of hydrogen-bond acceptors (Lipinski definition) is 4. The van der Waals surface area contributed by atoms with Crippen molar-refractivity contribution in [2.45, 2.75) is 31.2 Å². The van der Waals surface area contributed by atoms with Crippen molar-refractivity contribution in [2.24, 2.45) is 0 Å². The van der Waals surface area contributed by atoms with Crippen LogP contribution in [0.4, 0.5) is 23.1 Å². The number of aromatic nitrogens is 2. The summed E-state index contributed by atoms with van der Waals surface area (Å²) in [6.45, 7) is 0.